The lowest BCUT2D eigenvalue weighted by Crippen LogP contribution is -2.17. The van der Waals surface area contributed by atoms with Crippen molar-refractivity contribution >= 4 is 33.7 Å². The van der Waals surface area contributed by atoms with Crippen LogP contribution in [0.3, 0.4) is 0 Å². The van der Waals surface area contributed by atoms with Crippen molar-refractivity contribution in [1.82, 2.24) is 5.43 Å². The highest BCUT2D eigenvalue weighted by Gasteiger charge is 2.08. The third kappa shape index (κ3) is 4.36. The van der Waals surface area contributed by atoms with Crippen LogP contribution in [0.25, 0.3) is 0 Å². The number of nitro groups is 1. The summed E-state index contributed by atoms with van der Waals surface area (Å²) in [6, 6.07) is 10.6. The molecule has 2 rings (SSSR count). The van der Waals surface area contributed by atoms with E-state index in [-0.39, 0.29) is 11.3 Å². The second kappa shape index (κ2) is 7.50. The molecule has 0 saturated carbocycles. The average molecular weight is 378 g/mol. The van der Waals surface area contributed by atoms with Crippen LogP contribution in [0.4, 0.5) is 5.69 Å². The van der Waals surface area contributed by atoms with E-state index in [1.807, 2.05) is 0 Å². The summed E-state index contributed by atoms with van der Waals surface area (Å²) in [5.41, 5.74) is 3.33. The van der Waals surface area contributed by atoms with Gasteiger partial charge in [-0.1, -0.05) is 0 Å². The van der Waals surface area contributed by atoms with Crippen molar-refractivity contribution in [2.75, 3.05) is 7.11 Å². The Balaban J connectivity index is 2.00. The summed E-state index contributed by atoms with van der Waals surface area (Å²) in [4.78, 5) is 21.9. The van der Waals surface area contributed by atoms with E-state index in [0.717, 1.165) is 10.0 Å². The lowest BCUT2D eigenvalue weighted by atomic mass is 10.2. The first-order chi connectivity index (χ1) is 11.0. The Kier molecular flexibility index (Phi) is 5.42. The van der Waals surface area contributed by atoms with E-state index in [0.29, 0.717) is 5.75 Å². The number of hydrogen-bond acceptors (Lipinski definition) is 5. The van der Waals surface area contributed by atoms with Gasteiger partial charge in [-0.2, -0.15) is 5.10 Å². The van der Waals surface area contributed by atoms with E-state index >= 15 is 0 Å². The number of non-ortho nitro benzene ring substituents is 1. The van der Waals surface area contributed by atoms with Crippen molar-refractivity contribution in [3.05, 3.63) is 68.2 Å². The molecule has 0 aliphatic carbocycles. The molecule has 0 fully saturated rings. The third-order valence-electron chi connectivity index (χ3n) is 2.90. The van der Waals surface area contributed by atoms with E-state index in [1.54, 1.807) is 25.3 Å². The zero-order valence-corrected chi connectivity index (χ0v) is 13.6. The molecule has 0 unspecified atom stereocenters. The number of nitrogens with one attached hydrogen (secondary N) is 1. The van der Waals surface area contributed by atoms with Gasteiger partial charge in [0.05, 0.1) is 22.7 Å². The monoisotopic (exact) mass is 377 g/mol. The average Bonchev–Trinajstić information content (AvgIpc) is 2.55. The Morgan fingerprint density at radius 3 is 2.57 bits per heavy atom. The number of methoxy groups -OCH3 is 1. The van der Waals surface area contributed by atoms with E-state index in [2.05, 4.69) is 26.5 Å². The zero-order chi connectivity index (χ0) is 16.8. The van der Waals surface area contributed by atoms with Crippen molar-refractivity contribution in [3.63, 3.8) is 0 Å². The van der Waals surface area contributed by atoms with Gasteiger partial charge in [0, 0.05) is 17.7 Å². The molecule has 2 aromatic rings. The Hall–Kier alpha value is -2.74. The number of hydrogen-bond donors (Lipinski definition) is 1. The van der Waals surface area contributed by atoms with Crippen LogP contribution >= 0.6 is 15.9 Å². The molecule has 0 heterocycles. The normalized spacial score (nSPS) is 10.5. The maximum atomic E-state index is 11.9. The second-order valence-electron chi connectivity index (χ2n) is 4.40. The predicted octanol–water partition coefficient (Wildman–Crippen LogP) is 3.13. The van der Waals surface area contributed by atoms with Crippen LogP contribution in [-0.4, -0.2) is 24.2 Å². The van der Waals surface area contributed by atoms with Gasteiger partial charge in [0.2, 0.25) is 0 Å². The number of nitro benzene ring substituents is 1. The molecule has 1 N–H and O–H groups in total. The van der Waals surface area contributed by atoms with Crippen LogP contribution in [0.5, 0.6) is 5.75 Å². The first-order valence-corrected chi connectivity index (χ1v) is 7.22. The van der Waals surface area contributed by atoms with Crippen molar-refractivity contribution in [1.29, 1.82) is 0 Å². The van der Waals surface area contributed by atoms with Gasteiger partial charge in [-0.05, 0) is 51.8 Å². The minimum atomic E-state index is -0.526. The SMILES string of the molecule is COc1ccc(/C=N\NC(=O)c2ccc([N+](=O)[O-])cc2)cc1Br. The highest BCUT2D eigenvalue weighted by molar-refractivity contribution is 9.10. The van der Waals surface area contributed by atoms with Crippen LogP contribution in [0, 0.1) is 10.1 Å². The van der Waals surface area contributed by atoms with Gasteiger partial charge >= 0.3 is 0 Å². The topological polar surface area (TPSA) is 93.8 Å². The Bertz CT molecular complexity index is 760. The number of hydrazone groups is 1. The smallest absolute Gasteiger partial charge is 0.271 e. The van der Waals surface area contributed by atoms with Crippen molar-refractivity contribution in [2.45, 2.75) is 0 Å². The van der Waals surface area contributed by atoms with Gasteiger partial charge in [0.1, 0.15) is 5.75 Å². The van der Waals surface area contributed by atoms with Gasteiger partial charge in [-0.3, -0.25) is 14.9 Å². The molecule has 0 saturated heterocycles. The van der Waals surface area contributed by atoms with Gasteiger partial charge in [-0.25, -0.2) is 5.43 Å². The molecule has 118 valence electrons. The minimum Gasteiger partial charge on any atom is -0.496 e. The van der Waals surface area contributed by atoms with E-state index in [9.17, 15) is 14.9 Å². The number of amides is 1. The van der Waals surface area contributed by atoms with Crippen LogP contribution in [-0.2, 0) is 0 Å². The van der Waals surface area contributed by atoms with Crippen LogP contribution in [0.15, 0.2) is 52.0 Å². The van der Waals surface area contributed by atoms with Crippen LogP contribution in [0.2, 0.25) is 0 Å². The van der Waals surface area contributed by atoms with Gasteiger partial charge in [0.25, 0.3) is 11.6 Å². The molecule has 0 atom stereocenters. The molecule has 1 amide bonds. The number of carbonyl (C=O) groups is 1. The summed E-state index contributed by atoms with van der Waals surface area (Å²) in [5, 5.41) is 14.4. The summed E-state index contributed by atoms with van der Waals surface area (Å²) >= 11 is 3.35. The van der Waals surface area contributed by atoms with E-state index < -0.39 is 10.8 Å². The highest BCUT2D eigenvalue weighted by atomic mass is 79.9. The maximum absolute atomic E-state index is 11.9. The van der Waals surface area contributed by atoms with Crippen LogP contribution in [0.1, 0.15) is 15.9 Å². The molecule has 8 heteroatoms. The molecule has 0 aliphatic rings. The molecule has 23 heavy (non-hydrogen) atoms. The first kappa shape index (κ1) is 16.6. The number of benzene rings is 2. The Morgan fingerprint density at radius 1 is 1.30 bits per heavy atom. The summed E-state index contributed by atoms with van der Waals surface area (Å²) in [6.07, 6.45) is 1.48. The maximum Gasteiger partial charge on any atom is 0.271 e. The Labute approximate surface area is 140 Å². The highest BCUT2D eigenvalue weighted by Crippen LogP contribution is 2.24. The largest absolute Gasteiger partial charge is 0.496 e. The van der Waals surface area contributed by atoms with Crippen molar-refractivity contribution in [2.24, 2.45) is 5.10 Å². The van der Waals surface area contributed by atoms with Gasteiger partial charge in [-0.15, -0.1) is 0 Å². The predicted molar refractivity (Wildman–Crippen MR) is 88.9 cm³/mol. The standard InChI is InChI=1S/C15H12BrN3O4/c1-23-14-7-2-10(8-13(14)16)9-17-18-15(20)11-3-5-12(6-4-11)19(21)22/h2-9H,1H3,(H,18,20)/b17-9-. The zero-order valence-electron chi connectivity index (χ0n) is 12.0. The summed E-state index contributed by atoms with van der Waals surface area (Å²) in [6.45, 7) is 0. The second-order valence-corrected chi connectivity index (χ2v) is 5.25. The molecular weight excluding hydrogens is 366 g/mol. The fourth-order valence-corrected chi connectivity index (χ4v) is 2.29. The number of carbonyl (C=O) groups excluding carboxylic acids is 1. The minimum absolute atomic E-state index is 0.0758. The molecular formula is C15H12BrN3O4. The van der Waals surface area contributed by atoms with Gasteiger partial charge in [0.15, 0.2) is 0 Å². The van der Waals surface area contributed by atoms with E-state index in [4.69, 9.17) is 4.74 Å². The number of rotatable bonds is 5. The molecule has 0 aromatic heterocycles. The summed E-state index contributed by atoms with van der Waals surface area (Å²) in [5.74, 6) is 0.237. The first-order valence-electron chi connectivity index (χ1n) is 6.42. The lowest BCUT2D eigenvalue weighted by Gasteiger charge is -2.03. The van der Waals surface area contributed by atoms with Gasteiger partial charge < -0.3 is 4.74 Å². The fourth-order valence-electron chi connectivity index (χ4n) is 1.73. The number of nitrogens with zero attached hydrogens (tertiary/aromatic N) is 2. The van der Waals surface area contributed by atoms with Crippen LogP contribution < -0.4 is 10.2 Å². The Morgan fingerprint density at radius 2 is 2.00 bits per heavy atom. The van der Waals surface area contributed by atoms with Crippen molar-refractivity contribution < 1.29 is 14.5 Å². The van der Waals surface area contributed by atoms with E-state index in [1.165, 1.54) is 30.5 Å². The third-order valence-corrected chi connectivity index (χ3v) is 3.52. The summed E-state index contributed by atoms with van der Waals surface area (Å²) < 4.78 is 5.89. The fraction of sp³-hybridized carbons (Fsp3) is 0.0667. The molecule has 0 radical (unpaired) electrons. The molecule has 7 nitrogen and oxygen atoms in total. The molecule has 0 bridgehead atoms. The molecule has 0 aliphatic heterocycles. The lowest BCUT2D eigenvalue weighted by molar-refractivity contribution is -0.384. The quantitative estimate of drug-likeness (QED) is 0.491. The molecule has 2 aromatic carbocycles. The number of ether oxygens (including phenoxy) is 1. The molecule has 0 spiro atoms. The summed E-state index contributed by atoms with van der Waals surface area (Å²) in [7, 11) is 1.57. The number of halogens is 1. The van der Waals surface area contributed by atoms with Crippen molar-refractivity contribution in [3.8, 4) is 5.75 Å².